The number of hydrogen-bond acceptors (Lipinski definition) is 3. The number of nitrogens with zero attached hydrogens (tertiary/aromatic N) is 1. The number of nitrogen functional groups attached to an aromatic ring is 1. The van der Waals surface area contributed by atoms with Crippen LogP contribution in [0.3, 0.4) is 0 Å². The first kappa shape index (κ1) is 12.8. The highest BCUT2D eigenvalue weighted by molar-refractivity contribution is 6.31. The highest BCUT2D eigenvalue weighted by atomic mass is 35.5. The second-order valence-corrected chi connectivity index (χ2v) is 4.51. The van der Waals surface area contributed by atoms with E-state index in [9.17, 15) is 13.2 Å². The number of rotatable bonds is 1. The lowest BCUT2D eigenvalue weighted by atomic mass is 10.1. The molecule has 0 fully saturated rings. The maximum absolute atomic E-state index is 13.3. The zero-order valence-corrected chi connectivity index (χ0v) is 10.5. The molecule has 0 unspecified atom stereocenters. The van der Waals surface area contributed by atoms with E-state index >= 15 is 0 Å². The molecule has 3 nitrogen and oxygen atoms in total. The molecular weight excluding hydrogens is 293 g/mol. The number of oxazole rings is 1. The van der Waals surface area contributed by atoms with E-state index in [1.165, 1.54) is 6.07 Å². The molecular formula is C13H6ClF3N2O. The third-order valence-electron chi connectivity index (χ3n) is 2.75. The Morgan fingerprint density at radius 2 is 1.70 bits per heavy atom. The Morgan fingerprint density at radius 3 is 2.45 bits per heavy atom. The van der Waals surface area contributed by atoms with Crippen molar-refractivity contribution in [2.45, 2.75) is 0 Å². The van der Waals surface area contributed by atoms with E-state index in [0.717, 1.165) is 18.2 Å². The predicted molar refractivity (Wildman–Crippen MR) is 68.7 cm³/mol. The van der Waals surface area contributed by atoms with E-state index in [4.69, 9.17) is 21.8 Å². The summed E-state index contributed by atoms with van der Waals surface area (Å²) in [6, 6.07) is 4.03. The van der Waals surface area contributed by atoms with E-state index in [2.05, 4.69) is 4.98 Å². The lowest BCUT2D eigenvalue weighted by Gasteiger charge is -2.01. The largest absolute Gasteiger partial charge is 0.436 e. The molecule has 1 aromatic heterocycles. The monoisotopic (exact) mass is 298 g/mol. The van der Waals surface area contributed by atoms with Crippen molar-refractivity contribution < 1.29 is 17.6 Å². The first-order valence-corrected chi connectivity index (χ1v) is 5.84. The predicted octanol–water partition coefficient (Wildman–Crippen LogP) is 4.15. The Bertz CT molecular complexity index is 793. The summed E-state index contributed by atoms with van der Waals surface area (Å²) in [7, 11) is 0. The summed E-state index contributed by atoms with van der Waals surface area (Å²) in [6.45, 7) is 0. The zero-order valence-electron chi connectivity index (χ0n) is 9.75. The normalized spacial score (nSPS) is 11.2. The van der Waals surface area contributed by atoms with E-state index in [1.807, 2.05) is 0 Å². The highest BCUT2D eigenvalue weighted by Gasteiger charge is 2.16. The van der Waals surface area contributed by atoms with Gasteiger partial charge in [-0.25, -0.2) is 18.2 Å². The number of nitrogens with two attached hydrogens (primary N) is 1. The quantitative estimate of drug-likeness (QED) is 0.687. The van der Waals surface area contributed by atoms with Crippen molar-refractivity contribution in [3.05, 3.63) is 46.7 Å². The smallest absolute Gasteiger partial charge is 0.229 e. The van der Waals surface area contributed by atoms with Crippen LogP contribution in [0.25, 0.3) is 22.6 Å². The van der Waals surface area contributed by atoms with Gasteiger partial charge in [0, 0.05) is 17.8 Å². The average molecular weight is 299 g/mol. The number of aromatic nitrogens is 1. The van der Waals surface area contributed by atoms with Crippen LogP contribution < -0.4 is 5.73 Å². The summed E-state index contributed by atoms with van der Waals surface area (Å²) in [5.74, 6) is -2.87. The lowest BCUT2D eigenvalue weighted by molar-refractivity contribution is 0.508. The molecule has 0 spiro atoms. The summed E-state index contributed by atoms with van der Waals surface area (Å²) in [5.41, 5.74) is 6.06. The van der Waals surface area contributed by atoms with Crippen LogP contribution in [0.15, 0.2) is 28.7 Å². The molecule has 0 atom stereocenters. The summed E-state index contributed by atoms with van der Waals surface area (Å²) in [5, 5.41) is -0.115. The first-order chi connectivity index (χ1) is 9.45. The molecule has 102 valence electrons. The molecule has 7 heteroatoms. The van der Waals surface area contributed by atoms with Gasteiger partial charge < -0.3 is 10.2 Å². The molecule has 3 rings (SSSR count). The Hall–Kier alpha value is -2.21. The fourth-order valence-electron chi connectivity index (χ4n) is 1.79. The fraction of sp³-hybridized carbons (Fsp3) is 0. The molecule has 0 radical (unpaired) electrons. The minimum absolute atomic E-state index is 0.0398. The molecule has 2 N–H and O–H groups in total. The Morgan fingerprint density at radius 1 is 1.00 bits per heavy atom. The van der Waals surface area contributed by atoms with Crippen LogP contribution in [0.5, 0.6) is 0 Å². The minimum Gasteiger partial charge on any atom is -0.436 e. The molecule has 0 saturated carbocycles. The van der Waals surface area contributed by atoms with Gasteiger partial charge in [-0.1, -0.05) is 11.6 Å². The third-order valence-corrected chi connectivity index (χ3v) is 3.04. The zero-order chi connectivity index (χ0) is 14.4. The van der Waals surface area contributed by atoms with E-state index < -0.39 is 17.5 Å². The Labute approximate surface area is 115 Å². The molecule has 20 heavy (non-hydrogen) atoms. The number of halogens is 4. The number of fused-ring (bicyclic) bond motifs is 1. The Balaban J connectivity index is 2.22. The van der Waals surface area contributed by atoms with E-state index in [-0.39, 0.29) is 33.3 Å². The van der Waals surface area contributed by atoms with Crippen molar-refractivity contribution in [1.29, 1.82) is 0 Å². The Kier molecular flexibility index (Phi) is 2.83. The third kappa shape index (κ3) is 1.98. The molecule has 0 aliphatic carbocycles. The molecule has 2 aromatic carbocycles. The van der Waals surface area contributed by atoms with Gasteiger partial charge in [-0.05, 0) is 12.1 Å². The van der Waals surface area contributed by atoms with Gasteiger partial charge >= 0.3 is 0 Å². The van der Waals surface area contributed by atoms with Crippen molar-refractivity contribution in [1.82, 2.24) is 4.98 Å². The summed E-state index contributed by atoms with van der Waals surface area (Å²) < 4.78 is 44.8. The number of hydrogen-bond donors (Lipinski definition) is 1. The molecule has 3 aromatic rings. The van der Waals surface area contributed by atoms with Gasteiger partial charge in [0.1, 0.15) is 11.3 Å². The SMILES string of the molecule is Nc1cc(F)c(F)cc1-c1nc2cc(Cl)c(F)cc2o1. The topological polar surface area (TPSA) is 52.0 Å². The van der Waals surface area contributed by atoms with E-state index in [0.29, 0.717) is 0 Å². The summed E-state index contributed by atoms with van der Waals surface area (Å²) >= 11 is 5.63. The average Bonchev–Trinajstić information content (AvgIpc) is 2.77. The van der Waals surface area contributed by atoms with Crippen LogP contribution in [0, 0.1) is 17.5 Å². The van der Waals surface area contributed by atoms with Gasteiger partial charge in [0.15, 0.2) is 17.2 Å². The van der Waals surface area contributed by atoms with Gasteiger partial charge in [0.25, 0.3) is 0 Å². The molecule has 0 aliphatic rings. The van der Waals surface area contributed by atoms with Gasteiger partial charge in [-0.2, -0.15) is 0 Å². The summed E-state index contributed by atoms with van der Waals surface area (Å²) in [4.78, 5) is 4.03. The first-order valence-electron chi connectivity index (χ1n) is 5.46. The maximum atomic E-state index is 13.3. The summed E-state index contributed by atoms with van der Waals surface area (Å²) in [6.07, 6.45) is 0. The maximum Gasteiger partial charge on any atom is 0.229 e. The standard InChI is InChI=1S/C13H6ClF3N2O/c14-6-2-11-12(4-7(6)15)20-13(19-11)5-1-8(16)9(17)3-10(5)18/h1-4H,18H2. The van der Waals surface area contributed by atoms with Crippen LogP contribution in [0.2, 0.25) is 5.02 Å². The minimum atomic E-state index is -1.08. The van der Waals surface area contributed by atoms with Crippen LogP contribution >= 0.6 is 11.6 Å². The molecule has 0 aliphatic heterocycles. The number of benzene rings is 2. The van der Waals surface area contributed by atoms with Crippen molar-refractivity contribution >= 4 is 28.4 Å². The molecule has 0 saturated heterocycles. The molecule has 0 amide bonds. The van der Waals surface area contributed by atoms with Crippen molar-refractivity contribution in [2.75, 3.05) is 5.73 Å². The highest BCUT2D eigenvalue weighted by Crippen LogP contribution is 2.31. The van der Waals surface area contributed by atoms with Gasteiger partial charge in [0.2, 0.25) is 5.89 Å². The van der Waals surface area contributed by atoms with Crippen LogP contribution in [0.4, 0.5) is 18.9 Å². The van der Waals surface area contributed by atoms with Crippen molar-refractivity contribution in [2.24, 2.45) is 0 Å². The van der Waals surface area contributed by atoms with E-state index in [1.54, 1.807) is 0 Å². The number of anilines is 1. The van der Waals surface area contributed by atoms with Gasteiger partial charge in [-0.15, -0.1) is 0 Å². The second-order valence-electron chi connectivity index (χ2n) is 4.11. The fourth-order valence-corrected chi connectivity index (χ4v) is 1.94. The van der Waals surface area contributed by atoms with Gasteiger partial charge in [-0.3, -0.25) is 0 Å². The van der Waals surface area contributed by atoms with Gasteiger partial charge in [0.05, 0.1) is 10.6 Å². The second kappa shape index (κ2) is 4.42. The van der Waals surface area contributed by atoms with Crippen LogP contribution in [-0.2, 0) is 0 Å². The van der Waals surface area contributed by atoms with Crippen molar-refractivity contribution in [3.8, 4) is 11.5 Å². The van der Waals surface area contributed by atoms with Crippen LogP contribution in [0.1, 0.15) is 0 Å². The molecule has 0 bridgehead atoms. The lowest BCUT2D eigenvalue weighted by Crippen LogP contribution is -1.94. The van der Waals surface area contributed by atoms with Crippen LogP contribution in [-0.4, -0.2) is 4.98 Å². The van der Waals surface area contributed by atoms with Crippen molar-refractivity contribution in [3.63, 3.8) is 0 Å². The molecule has 1 heterocycles.